The predicted molar refractivity (Wildman–Crippen MR) is 108 cm³/mol. The highest BCUT2D eigenvalue weighted by Crippen LogP contribution is 2.27. The Kier molecular flexibility index (Phi) is 5.68. The summed E-state index contributed by atoms with van der Waals surface area (Å²) >= 11 is 6.04. The molecule has 1 atom stereocenters. The Morgan fingerprint density at radius 3 is 2.54 bits per heavy atom. The topological polar surface area (TPSA) is 66.5 Å². The smallest absolute Gasteiger partial charge is 0.262 e. The van der Waals surface area contributed by atoms with Crippen LogP contribution in [0.4, 0.5) is 10.1 Å². The van der Waals surface area contributed by atoms with Crippen LogP contribution in [0.5, 0.6) is 0 Å². The first-order chi connectivity index (χ1) is 13.1. The lowest BCUT2D eigenvalue weighted by Gasteiger charge is -2.22. The summed E-state index contributed by atoms with van der Waals surface area (Å²) in [6.07, 6.45) is 1.80. The second-order valence-electron chi connectivity index (χ2n) is 7.19. The summed E-state index contributed by atoms with van der Waals surface area (Å²) in [5.41, 5.74) is 1.21. The SMILES string of the molecule is Cc1cc(S(=O)(=O)Nc2cc(F)cc(C(=O)N3CCC[C@H]3C)c2)c(C)cc1Cl. The van der Waals surface area contributed by atoms with Crippen LogP contribution in [0.15, 0.2) is 35.2 Å². The van der Waals surface area contributed by atoms with Gasteiger partial charge in [0, 0.05) is 23.2 Å². The molecule has 0 spiro atoms. The van der Waals surface area contributed by atoms with Crippen molar-refractivity contribution in [2.24, 2.45) is 0 Å². The van der Waals surface area contributed by atoms with Gasteiger partial charge in [0.1, 0.15) is 5.82 Å². The molecule has 5 nitrogen and oxygen atoms in total. The van der Waals surface area contributed by atoms with E-state index in [-0.39, 0.29) is 28.1 Å². The van der Waals surface area contributed by atoms with Crippen molar-refractivity contribution in [2.75, 3.05) is 11.3 Å². The van der Waals surface area contributed by atoms with Gasteiger partial charge in [-0.25, -0.2) is 12.8 Å². The standard InChI is InChI=1S/C20H22ClFN2O3S/c1-12-8-19(13(2)7-18(12)21)28(26,27)23-17-10-15(9-16(22)11-17)20(25)24-6-4-5-14(24)3/h7-11,14,23H,4-6H2,1-3H3/t14-/m1/s1. The summed E-state index contributed by atoms with van der Waals surface area (Å²) in [4.78, 5) is 14.4. The molecule has 1 heterocycles. The molecule has 1 aliphatic heterocycles. The normalized spacial score (nSPS) is 17.0. The maximum absolute atomic E-state index is 14.1. The van der Waals surface area contributed by atoms with Crippen molar-refractivity contribution < 1.29 is 17.6 Å². The predicted octanol–water partition coefficient (Wildman–Crippen LogP) is 4.52. The average molecular weight is 425 g/mol. The number of benzene rings is 2. The van der Waals surface area contributed by atoms with Crippen LogP contribution >= 0.6 is 11.6 Å². The van der Waals surface area contributed by atoms with Gasteiger partial charge in [-0.1, -0.05) is 11.6 Å². The van der Waals surface area contributed by atoms with Crippen LogP contribution < -0.4 is 4.72 Å². The highest BCUT2D eigenvalue weighted by Gasteiger charge is 2.27. The van der Waals surface area contributed by atoms with Gasteiger partial charge < -0.3 is 4.90 Å². The number of carbonyl (C=O) groups is 1. The van der Waals surface area contributed by atoms with E-state index in [0.29, 0.717) is 22.7 Å². The van der Waals surface area contributed by atoms with E-state index < -0.39 is 15.8 Å². The minimum atomic E-state index is -3.97. The van der Waals surface area contributed by atoms with Gasteiger partial charge >= 0.3 is 0 Å². The molecule has 1 amide bonds. The number of rotatable bonds is 4. The maximum atomic E-state index is 14.1. The Morgan fingerprint density at radius 2 is 1.89 bits per heavy atom. The molecule has 2 aromatic carbocycles. The van der Waals surface area contributed by atoms with E-state index in [9.17, 15) is 17.6 Å². The van der Waals surface area contributed by atoms with Crippen molar-refractivity contribution >= 4 is 33.2 Å². The van der Waals surface area contributed by atoms with Gasteiger partial charge in [0.15, 0.2) is 0 Å². The Labute approximate surface area is 169 Å². The van der Waals surface area contributed by atoms with Gasteiger partial charge in [0.25, 0.3) is 15.9 Å². The second kappa shape index (κ2) is 7.72. The fraction of sp³-hybridized carbons (Fsp3) is 0.350. The number of likely N-dealkylation sites (tertiary alicyclic amines) is 1. The van der Waals surface area contributed by atoms with Crippen LogP contribution in [-0.4, -0.2) is 31.8 Å². The minimum absolute atomic E-state index is 0.00204. The van der Waals surface area contributed by atoms with Gasteiger partial charge in [0.05, 0.1) is 10.6 Å². The largest absolute Gasteiger partial charge is 0.336 e. The van der Waals surface area contributed by atoms with Crippen molar-refractivity contribution in [1.29, 1.82) is 0 Å². The molecule has 0 aliphatic carbocycles. The molecule has 0 saturated carbocycles. The Hall–Kier alpha value is -2.12. The Bertz CT molecular complexity index is 1040. The van der Waals surface area contributed by atoms with Crippen LogP contribution in [0.3, 0.4) is 0 Å². The third kappa shape index (κ3) is 4.15. The van der Waals surface area contributed by atoms with E-state index in [1.165, 1.54) is 12.1 Å². The van der Waals surface area contributed by atoms with Crippen molar-refractivity contribution in [1.82, 2.24) is 4.90 Å². The molecule has 0 aromatic heterocycles. The zero-order valence-corrected chi connectivity index (χ0v) is 17.5. The van der Waals surface area contributed by atoms with Crippen LogP contribution in [-0.2, 0) is 10.0 Å². The molecule has 28 heavy (non-hydrogen) atoms. The third-order valence-corrected chi connectivity index (χ3v) is 6.89. The van der Waals surface area contributed by atoms with E-state index in [1.807, 2.05) is 6.92 Å². The first kappa shape index (κ1) is 20.6. The average Bonchev–Trinajstić information content (AvgIpc) is 3.02. The molecule has 1 N–H and O–H groups in total. The number of halogens is 2. The molecule has 0 bridgehead atoms. The van der Waals surface area contributed by atoms with Crippen LogP contribution in [0, 0.1) is 19.7 Å². The fourth-order valence-electron chi connectivity index (χ4n) is 3.43. The highest BCUT2D eigenvalue weighted by molar-refractivity contribution is 7.92. The lowest BCUT2D eigenvalue weighted by atomic mass is 10.1. The Morgan fingerprint density at radius 1 is 1.18 bits per heavy atom. The van der Waals surface area contributed by atoms with E-state index >= 15 is 0 Å². The summed E-state index contributed by atoms with van der Waals surface area (Å²) < 4.78 is 42.1. The monoisotopic (exact) mass is 424 g/mol. The van der Waals surface area contributed by atoms with Gasteiger partial charge in [-0.15, -0.1) is 0 Å². The number of hydrogen-bond donors (Lipinski definition) is 1. The lowest BCUT2D eigenvalue weighted by molar-refractivity contribution is 0.0747. The van der Waals surface area contributed by atoms with Gasteiger partial charge in [-0.05, 0) is 75.1 Å². The zero-order chi connectivity index (χ0) is 20.6. The molecular formula is C20H22ClFN2O3S. The number of carbonyl (C=O) groups excluding carboxylic acids is 1. The molecule has 1 saturated heterocycles. The van der Waals surface area contributed by atoms with Gasteiger partial charge in [0.2, 0.25) is 0 Å². The summed E-state index contributed by atoms with van der Waals surface area (Å²) in [6.45, 7) is 5.90. The van der Waals surface area contributed by atoms with Crippen molar-refractivity contribution in [3.05, 3.63) is 57.9 Å². The first-order valence-electron chi connectivity index (χ1n) is 8.99. The van der Waals surface area contributed by atoms with Gasteiger partial charge in [-0.2, -0.15) is 0 Å². The number of anilines is 1. The van der Waals surface area contributed by atoms with Gasteiger partial charge in [-0.3, -0.25) is 9.52 Å². The van der Waals surface area contributed by atoms with Crippen LogP contribution in [0.1, 0.15) is 41.3 Å². The molecule has 3 rings (SSSR count). The number of nitrogens with one attached hydrogen (secondary N) is 1. The quantitative estimate of drug-likeness (QED) is 0.784. The summed E-state index contributed by atoms with van der Waals surface area (Å²) in [5.74, 6) is -0.983. The van der Waals surface area contributed by atoms with E-state index in [4.69, 9.17) is 11.6 Å². The van der Waals surface area contributed by atoms with E-state index in [1.54, 1.807) is 24.8 Å². The number of hydrogen-bond acceptors (Lipinski definition) is 3. The fourth-order valence-corrected chi connectivity index (χ4v) is 5.00. The van der Waals surface area contributed by atoms with E-state index in [2.05, 4.69) is 4.72 Å². The van der Waals surface area contributed by atoms with Crippen molar-refractivity contribution in [3.8, 4) is 0 Å². The second-order valence-corrected chi connectivity index (χ2v) is 9.25. The molecule has 8 heteroatoms. The lowest BCUT2D eigenvalue weighted by Crippen LogP contribution is -2.33. The molecule has 1 fully saturated rings. The van der Waals surface area contributed by atoms with Crippen molar-refractivity contribution in [2.45, 2.75) is 44.6 Å². The number of aryl methyl sites for hydroxylation is 2. The molecular weight excluding hydrogens is 403 g/mol. The summed E-state index contributed by atoms with van der Waals surface area (Å²) in [5, 5.41) is 0.467. The molecule has 0 radical (unpaired) electrons. The summed E-state index contributed by atoms with van der Waals surface area (Å²) in [6, 6.07) is 6.67. The van der Waals surface area contributed by atoms with Crippen LogP contribution in [0.2, 0.25) is 5.02 Å². The maximum Gasteiger partial charge on any atom is 0.262 e. The molecule has 150 valence electrons. The molecule has 0 unspecified atom stereocenters. The van der Waals surface area contributed by atoms with Crippen LogP contribution in [0.25, 0.3) is 0 Å². The first-order valence-corrected chi connectivity index (χ1v) is 10.9. The third-order valence-electron chi connectivity index (χ3n) is 4.96. The number of amides is 1. The van der Waals surface area contributed by atoms with E-state index in [0.717, 1.165) is 25.0 Å². The van der Waals surface area contributed by atoms with Crippen molar-refractivity contribution in [3.63, 3.8) is 0 Å². The zero-order valence-electron chi connectivity index (χ0n) is 15.9. The number of sulfonamides is 1. The molecule has 1 aliphatic rings. The highest BCUT2D eigenvalue weighted by atomic mass is 35.5. The molecule has 2 aromatic rings. The minimum Gasteiger partial charge on any atom is -0.336 e. The Balaban J connectivity index is 1.93. The summed E-state index contributed by atoms with van der Waals surface area (Å²) in [7, 11) is -3.97. The number of nitrogens with zero attached hydrogens (tertiary/aromatic N) is 1.